The molecular formula is C26H24N4O3S. The van der Waals surface area contributed by atoms with Crippen molar-refractivity contribution >= 4 is 34.3 Å². The maximum atomic E-state index is 13.3. The minimum atomic E-state index is -0.300. The maximum absolute atomic E-state index is 13.3. The fourth-order valence-electron chi connectivity index (χ4n) is 3.46. The fourth-order valence-corrected chi connectivity index (χ4v) is 4.26. The second kappa shape index (κ2) is 10.4. The zero-order valence-corrected chi connectivity index (χ0v) is 19.9. The van der Waals surface area contributed by atoms with Gasteiger partial charge in [-0.25, -0.2) is 10.4 Å². The third kappa shape index (κ3) is 5.02. The highest BCUT2D eigenvalue weighted by Crippen LogP contribution is 2.23. The van der Waals surface area contributed by atoms with Crippen LogP contribution in [0, 0.1) is 6.92 Å². The summed E-state index contributed by atoms with van der Waals surface area (Å²) in [6, 6.07) is 22.3. The van der Waals surface area contributed by atoms with Gasteiger partial charge in [0, 0.05) is 5.56 Å². The summed E-state index contributed by atoms with van der Waals surface area (Å²) < 4.78 is 6.80. The number of nitrogens with one attached hydrogen (secondary N) is 1. The monoisotopic (exact) mass is 472 g/mol. The van der Waals surface area contributed by atoms with Crippen LogP contribution >= 0.6 is 11.8 Å². The van der Waals surface area contributed by atoms with Gasteiger partial charge < -0.3 is 4.74 Å². The normalized spacial score (nSPS) is 11.4. The third-order valence-electron chi connectivity index (χ3n) is 5.27. The number of carbonyl (C=O) groups excluding carboxylic acids is 1. The van der Waals surface area contributed by atoms with E-state index in [4.69, 9.17) is 4.74 Å². The Morgan fingerprint density at radius 2 is 1.85 bits per heavy atom. The number of benzene rings is 3. The number of hydrogen-bond acceptors (Lipinski definition) is 6. The van der Waals surface area contributed by atoms with Crippen molar-refractivity contribution < 1.29 is 9.53 Å². The molecule has 0 saturated heterocycles. The molecule has 0 bridgehead atoms. The Kier molecular flexibility index (Phi) is 7.08. The highest BCUT2D eigenvalue weighted by molar-refractivity contribution is 7.99. The van der Waals surface area contributed by atoms with Gasteiger partial charge in [-0.3, -0.25) is 14.2 Å². The smallest absolute Gasteiger partial charge is 0.266 e. The Balaban J connectivity index is 1.58. The quantitative estimate of drug-likeness (QED) is 0.187. The number of hydrazone groups is 1. The summed E-state index contributed by atoms with van der Waals surface area (Å²) in [5.74, 6) is 0.461. The summed E-state index contributed by atoms with van der Waals surface area (Å²) in [6.07, 6.45) is 0. The van der Waals surface area contributed by atoms with E-state index in [0.717, 1.165) is 16.8 Å². The predicted molar refractivity (Wildman–Crippen MR) is 136 cm³/mol. The summed E-state index contributed by atoms with van der Waals surface area (Å²) in [7, 11) is 1.60. The molecule has 0 saturated carbocycles. The van der Waals surface area contributed by atoms with E-state index < -0.39 is 0 Å². The standard InChI is InChI=1S/C26H24N4O3S/c1-17-9-4-7-14-23(17)30-25(32)21-12-5-6-13-22(21)27-26(30)34-16-24(31)29-28-18(2)19-10-8-11-20(15-19)33-3/h4-15H,16H2,1-3H3,(H,29,31). The summed E-state index contributed by atoms with van der Waals surface area (Å²) in [5, 5.41) is 5.18. The lowest BCUT2D eigenvalue weighted by Gasteiger charge is -2.14. The average molecular weight is 473 g/mol. The number of methoxy groups -OCH3 is 1. The molecule has 1 aromatic heterocycles. The number of para-hydroxylation sites is 2. The van der Waals surface area contributed by atoms with Gasteiger partial charge >= 0.3 is 0 Å². The average Bonchev–Trinajstić information content (AvgIpc) is 2.87. The number of amides is 1. The van der Waals surface area contributed by atoms with Gasteiger partial charge in [0.2, 0.25) is 0 Å². The van der Waals surface area contributed by atoms with Crippen LogP contribution in [-0.2, 0) is 4.79 Å². The second-order valence-corrected chi connectivity index (χ2v) is 8.53. The van der Waals surface area contributed by atoms with Crippen LogP contribution in [0.3, 0.4) is 0 Å². The van der Waals surface area contributed by atoms with Gasteiger partial charge in [0.15, 0.2) is 5.16 Å². The molecule has 1 heterocycles. The van der Waals surface area contributed by atoms with E-state index in [9.17, 15) is 9.59 Å². The Bertz CT molecular complexity index is 1450. The molecule has 0 aliphatic rings. The van der Waals surface area contributed by atoms with E-state index in [0.29, 0.717) is 27.5 Å². The van der Waals surface area contributed by atoms with Crippen LogP contribution in [0.1, 0.15) is 18.1 Å². The Morgan fingerprint density at radius 1 is 1.09 bits per heavy atom. The zero-order chi connectivity index (χ0) is 24.1. The number of aryl methyl sites for hydroxylation is 1. The molecule has 0 unspecified atom stereocenters. The largest absolute Gasteiger partial charge is 0.497 e. The van der Waals surface area contributed by atoms with Gasteiger partial charge in [-0.1, -0.05) is 54.2 Å². The molecule has 1 amide bonds. The van der Waals surface area contributed by atoms with Gasteiger partial charge in [-0.2, -0.15) is 5.10 Å². The number of hydrogen-bond donors (Lipinski definition) is 1. The highest BCUT2D eigenvalue weighted by Gasteiger charge is 2.16. The first-order valence-electron chi connectivity index (χ1n) is 10.7. The van der Waals surface area contributed by atoms with Crippen LogP contribution in [0.5, 0.6) is 5.75 Å². The number of fused-ring (bicyclic) bond motifs is 1. The minimum Gasteiger partial charge on any atom is -0.497 e. The Labute approximate surface area is 201 Å². The molecule has 4 rings (SSSR count). The number of carbonyl (C=O) groups is 1. The lowest BCUT2D eigenvalue weighted by Crippen LogP contribution is -2.25. The number of thioether (sulfide) groups is 1. The molecule has 4 aromatic rings. The van der Waals surface area contributed by atoms with Crippen molar-refractivity contribution in [2.45, 2.75) is 19.0 Å². The first-order chi connectivity index (χ1) is 16.5. The van der Waals surface area contributed by atoms with Crippen LogP contribution in [0.25, 0.3) is 16.6 Å². The highest BCUT2D eigenvalue weighted by atomic mass is 32.2. The van der Waals surface area contributed by atoms with Crippen LogP contribution in [0.2, 0.25) is 0 Å². The minimum absolute atomic E-state index is 0.0472. The van der Waals surface area contributed by atoms with E-state index >= 15 is 0 Å². The summed E-state index contributed by atoms with van der Waals surface area (Å²) >= 11 is 1.19. The molecule has 8 heteroatoms. The predicted octanol–water partition coefficient (Wildman–Crippen LogP) is 4.34. The van der Waals surface area contributed by atoms with Crippen molar-refractivity contribution in [3.05, 3.63) is 94.3 Å². The van der Waals surface area contributed by atoms with E-state index in [-0.39, 0.29) is 17.2 Å². The van der Waals surface area contributed by atoms with Crippen molar-refractivity contribution in [3.8, 4) is 11.4 Å². The summed E-state index contributed by atoms with van der Waals surface area (Å²) in [6.45, 7) is 3.75. The lowest BCUT2D eigenvalue weighted by atomic mass is 10.1. The maximum Gasteiger partial charge on any atom is 0.266 e. The van der Waals surface area contributed by atoms with Crippen molar-refractivity contribution in [2.75, 3.05) is 12.9 Å². The van der Waals surface area contributed by atoms with Crippen molar-refractivity contribution in [1.29, 1.82) is 0 Å². The van der Waals surface area contributed by atoms with E-state index in [2.05, 4.69) is 15.5 Å². The van der Waals surface area contributed by atoms with Crippen LogP contribution in [0.15, 0.2) is 87.8 Å². The molecule has 0 spiro atoms. The number of aromatic nitrogens is 2. The first kappa shape index (κ1) is 23.3. The van der Waals surface area contributed by atoms with E-state index in [1.54, 1.807) is 23.8 Å². The van der Waals surface area contributed by atoms with Crippen molar-refractivity contribution in [2.24, 2.45) is 5.10 Å². The molecule has 3 aromatic carbocycles. The number of ether oxygens (including phenoxy) is 1. The van der Waals surface area contributed by atoms with Crippen molar-refractivity contribution in [1.82, 2.24) is 15.0 Å². The van der Waals surface area contributed by atoms with Crippen LogP contribution in [-0.4, -0.2) is 34.0 Å². The lowest BCUT2D eigenvalue weighted by molar-refractivity contribution is -0.118. The van der Waals surface area contributed by atoms with E-state index in [1.807, 2.05) is 74.5 Å². The van der Waals surface area contributed by atoms with Crippen molar-refractivity contribution in [3.63, 3.8) is 0 Å². The topological polar surface area (TPSA) is 85.6 Å². The number of rotatable bonds is 7. The van der Waals surface area contributed by atoms with E-state index in [1.165, 1.54) is 11.8 Å². The Hall–Kier alpha value is -3.91. The van der Waals surface area contributed by atoms with Gasteiger partial charge in [-0.15, -0.1) is 0 Å². The van der Waals surface area contributed by atoms with Gasteiger partial charge in [0.1, 0.15) is 5.75 Å². The molecule has 34 heavy (non-hydrogen) atoms. The molecule has 0 aliphatic carbocycles. The molecule has 0 atom stereocenters. The second-order valence-electron chi connectivity index (χ2n) is 7.59. The molecule has 1 N–H and O–H groups in total. The Morgan fingerprint density at radius 3 is 2.65 bits per heavy atom. The summed E-state index contributed by atoms with van der Waals surface area (Å²) in [4.78, 5) is 30.6. The fraction of sp³-hybridized carbons (Fsp3) is 0.154. The molecule has 7 nitrogen and oxygen atoms in total. The molecule has 0 fully saturated rings. The van der Waals surface area contributed by atoms with Gasteiger partial charge in [0.25, 0.3) is 11.5 Å². The SMILES string of the molecule is COc1cccc(C(C)=NNC(=O)CSc2nc3ccccc3c(=O)n2-c2ccccc2C)c1. The summed E-state index contributed by atoms with van der Waals surface area (Å²) in [5.41, 5.74) is 6.17. The van der Waals surface area contributed by atoms with Gasteiger partial charge in [-0.05, 0) is 49.7 Å². The first-order valence-corrected chi connectivity index (χ1v) is 11.6. The molecule has 0 aliphatic heterocycles. The third-order valence-corrected chi connectivity index (χ3v) is 6.21. The van der Waals surface area contributed by atoms with Crippen LogP contribution in [0.4, 0.5) is 0 Å². The van der Waals surface area contributed by atoms with Gasteiger partial charge in [0.05, 0.1) is 35.2 Å². The molecule has 0 radical (unpaired) electrons. The molecule has 172 valence electrons. The number of nitrogens with zero attached hydrogens (tertiary/aromatic N) is 3. The zero-order valence-electron chi connectivity index (χ0n) is 19.1. The van der Waals surface area contributed by atoms with Crippen LogP contribution < -0.4 is 15.7 Å². The molecular weight excluding hydrogens is 448 g/mol.